The predicted octanol–water partition coefficient (Wildman–Crippen LogP) is 0.974. The van der Waals surface area contributed by atoms with Crippen molar-refractivity contribution in [1.82, 2.24) is 15.5 Å². The molecule has 1 aromatic rings. The van der Waals surface area contributed by atoms with Crippen molar-refractivity contribution in [1.29, 1.82) is 0 Å². The second-order valence-electron chi connectivity index (χ2n) is 4.23. The Bertz CT molecular complexity index is 287. The molecule has 0 aliphatic carbocycles. The van der Waals surface area contributed by atoms with Gasteiger partial charge in [0.05, 0.1) is 0 Å². The largest absolute Gasteiger partial charge is 0.346 e. The Balaban J connectivity index is 2.01. The minimum atomic E-state index is 0.389. The Morgan fingerprint density at radius 3 is 3.21 bits per heavy atom. The highest BCUT2D eigenvalue weighted by Crippen LogP contribution is 2.32. The van der Waals surface area contributed by atoms with Crippen LogP contribution in [-0.4, -0.2) is 36.9 Å². The lowest BCUT2D eigenvalue weighted by molar-refractivity contribution is 0.356. The summed E-state index contributed by atoms with van der Waals surface area (Å²) in [6, 6.07) is 0. The zero-order valence-electron chi connectivity index (χ0n) is 8.66. The van der Waals surface area contributed by atoms with Gasteiger partial charge >= 0.3 is 0 Å². The van der Waals surface area contributed by atoms with Gasteiger partial charge in [0, 0.05) is 19.6 Å². The number of anilines is 1. The van der Waals surface area contributed by atoms with Gasteiger partial charge < -0.3 is 10.2 Å². The van der Waals surface area contributed by atoms with Gasteiger partial charge in [-0.05, 0) is 18.9 Å². The molecule has 1 aliphatic rings. The molecule has 2 heterocycles. The van der Waals surface area contributed by atoms with Gasteiger partial charge in [0.2, 0.25) is 5.13 Å². The quantitative estimate of drug-likeness (QED) is 0.810. The Morgan fingerprint density at radius 2 is 2.57 bits per heavy atom. The van der Waals surface area contributed by atoms with Crippen LogP contribution in [0.5, 0.6) is 0 Å². The SMILES string of the molecule is CNCC1(C)CCN(c2nncs2)C1. The summed E-state index contributed by atoms with van der Waals surface area (Å²) in [6.07, 6.45) is 1.23. The van der Waals surface area contributed by atoms with Gasteiger partial charge in [-0.25, -0.2) is 0 Å². The molecule has 1 fully saturated rings. The summed E-state index contributed by atoms with van der Waals surface area (Å²) in [5, 5.41) is 12.3. The maximum Gasteiger partial charge on any atom is 0.208 e. The van der Waals surface area contributed by atoms with Crippen LogP contribution < -0.4 is 10.2 Å². The Labute approximate surface area is 88.3 Å². The molecule has 0 saturated carbocycles. The molecule has 5 heteroatoms. The van der Waals surface area contributed by atoms with E-state index in [1.165, 1.54) is 6.42 Å². The third kappa shape index (κ3) is 1.88. The van der Waals surface area contributed by atoms with E-state index in [-0.39, 0.29) is 0 Å². The van der Waals surface area contributed by atoms with E-state index in [0.29, 0.717) is 5.41 Å². The van der Waals surface area contributed by atoms with Crippen molar-refractivity contribution in [3.05, 3.63) is 5.51 Å². The Morgan fingerprint density at radius 1 is 1.71 bits per heavy atom. The van der Waals surface area contributed by atoms with Crippen molar-refractivity contribution in [3.63, 3.8) is 0 Å². The fraction of sp³-hybridized carbons (Fsp3) is 0.778. The molecule has 1 aliphatic heterocycles. The molecule has 78 valence electrons. The van der Waals surface area contributed by atoms with Crippen LogP contribution in [0.3, 0.4) is 0 Å². The first kappa shape index (κ1) is 9.86. The number of nitrogens with one attached hydrogen (secondary N) is 1. The summed E-state index contributed by atoms with van der Waals surface area (Å²) in [4.78, 5) is 2.33. The summed E-state index contributed by atoms with van der Waals surface area (Å²) in [5.74, 6) is 0. The maximum atomic E-state index is 4.10. The van der Waals surface area contributed by atoms with Crippen molar-refractivity contribution in [2.24, 2.45) is 5.41 Å². The zero-order valence-corrected chi connectivity index (χ0v) is 9.47. The summed E-state index contributed by atoms with van der Waals surface area (Å²) in [7, 11) is 2.01. The third-order valence-corrected chi connectivity index (χ3v) is 3.53. The van der Waals surface area contributed by atoms with Gasteiger partial charge in [0.25, 0.3) is 0 Å². The number of nitrogens with zero attached hydrogens (tertiary/aromatic N) is 3. The van der Waals surface area contributed by atoms with Gasteiger partial charge in [-0.3, -0.25) is 0 Å². The first-order valence-electron chi connectivity index (χ1n) is 4.89. The lowest BCUT2D eigenvalue weighted by Gasteiger charge is -2.23. The summed E-state index contributed by atoms with van der Waals surface area (Å²) < 4.78 is 0. The number of aromatic nitrogens is 2. The molecule has 0 radical (unpaired) electrons. The third-order valence-electron chi connectivity index (χ3n) is 2.78. The standard InChI is InChI=1S/C9H16N4S/c1-9(5-10-2)3-4-13(6-9)8-12-11-7-14-8/h7,10H,3-6H2,1-2H3. The molecule has 1 aromatic heterocycles. The van der Waals surface area contributed by atoms with E-state index in [9.17, 15) is 0 Å². The van der Waals surface area contributed by atoms with Gasteiger partial charge in [0.15, 0.2) is 0 Å². The van der Waals surface area contributed by atoms with Crippen molar-refractivity contribution in [2.45, 2.75) is 13.3 Å². The van der Waals surface area contributed by atoms with Crippen molar-refractivity contribution in [2.75, 3.05) is 31.6 Å². The number of hydrogen-bond acceptors (Lipinski definition) is 5. The van der Waals surface area contributed by atoms with E-state index in [1.807, 2.05) is 7.05 Å². The van der Waals surface area contributed by atoms with Crippen LogP contribution in [0, 0.1) is 5.41 Å². The van der Waals surface area contributed by atoms with Crippen LogP contribution in [0.15, 0.2) is 5.51 Å². The van der Waals surface area contributed by atoms with Crippen molar-refractivity contribution < 1.29 is 0 Å². The second-order valence-corrected chi connectivity index (χ2v) is 5.05. The second kappa shape index (κ2) is 3.82. The van der Waals surface area contributed by atoms with Crippen LogP contribution in [0.2, 0.25) is 0 Å². The summed E-state index contributed by atoms with van der Waals surface area (Å²) in [6.45, 7) is 5.59. The smallest absolute Gasteiger partial charge is 0.208 e. The van der Waals surface area contributed by atoms with Crippen LogP contribution in [0.1, 0.15) is 13.3 Å². The molecule has 1 atom stereocenters. The van der Waals surface area contributed by atoms with E-state index in [1.54, 1.807) is 16.8 Å². The highest BCUT2D eigenvalue weighted by Gasteiger charge is 2.34. The number of hydrogen-bond donors (Lipinski definition) is 1. The minimum absolute atomic E-state index is 0.389. The van der Waals surface area contributed by atoms with Crippen LogP contribution in [0.25, 0.3) is 0 Å². The van der Waals surface area contributed by atoms with E-state index in [2.05, 4.69) is 27.3 Å². The lowest BCUT2D eigenvalue weighted by atomic mass is 9.90. The number of rotatable bonds is 3. The van der Waals surface area contributed by atoms with Crippen molar-refractivity contribution in [3.8, 4) is 0 Å². The molecule has 1 unspecified atom stereocenters. The summed E-state index contributed by atoms with van der Waals surface area (Å²) >= 11 is 1.62. The van der Waals surface area contributed by atoms with Crippen molar-refractivity contribution >= 4 is 16.5 Å². The van der Waals surface area contributed by atoms with Gasteiger partial charge in [-0.1, -0.05) is 18.3 Å². The summed E-state index contributed by atoms with van der Waals surface area (Å²) in [5.41, 5.74) is 2.18. The molecular weight excluding hydrogens is 196 g/mol. The van der Waals surface area contributed by atoms with Gasteiger partial charge in [-0.15, -0.1) is 10.2 Å². The normalized spacial score (nSPS) is 27.1. The fourth-order valence-electron chi connectivity index (χ4n) is 2.06. The van der Waals surface area contributed by atoms with E-state index >= 15 is 0 Å². The minimum Gasteiger partial charge on any atom is -0.346 e. The molecule has 4 nitrogen and oxygen atoms in total. The molecular formula is C9H16N4S. The van der Waals surface area contributed by atoms with Gasteiger partial charge in [-0.2, -0.15) is 0 Å². The first-order valence-corrected chi connectivity index (χ1v) is 5.77. The molecule has 14 heavy (non-hydrogen) atoms. The highest BCUT2D eigenvalue weighted by atomic mass is 32.1. The monoisotopic (exact) mass is 212 g/mol. The first-order chi connectivity index (χ1) is 6.73. The molecule has 0 amide bonds. The molecule has 1 saturated heterocycles. The van der Waals surface area contributed by atoms with Gasteiger partial charge in [0.1, 0.15) is 5.51 Å². The molecule has 1 N–H and O–H groups in total. The van der Waals surface area contributed by atoms with E-state index in [0.717, 1.165) is 24.8 Å². The maximum absolute atomic E-state index is 4.10. The van der Waals surface area contributed by atoms with Crippen LogP contribution in [0.4, 0.5) is 5.13 Å². The Hall–Kier alpha value is -0.680. The highest BCUT2D eigenvalue weighted by molar-refractivity contribution is 7.13. The molecule has 0 spiro atoms. The average molecular weight is 212 g/mol. The predicted molar refractivity (Wildman–Crippen MR) is 58.8 cm³/mol. The topological polar surface area (TPSA) is 41.0 Å². The van der Waals surface area contributed by atoms with Crippen LogP contribution in [-0.2, 0) is 0 Å². The zero-order chi connectivity index (χ0) is 10.0. The van der Waals surface area contributed by atoms with E-state index < -0.39 is 0 Å². The van der Waals surface area contributed by atoms with Crippen LogP contribution >= 0.6 is 11.3 Å². The average Bonchev–Trinajstić information content (AvgIpc) is 2.73. The lowest BCUT2D eigenvalue weighted by Crippen LogP contribution is -2.33. The molecule has 0 bridgehead atoms. The fourth-order valence-corrected chi connectivity index (χ4v) is 2.65. The molecule has 0 aromatic carbocycles. The van der Waals surface area contributed by atoms with E-state index in [4.69, 9.17) is 0 Å². The Kier molecular flexibility index (Phi) is 2.69. The molecule has 2 rings (SSSR count).